The van der Waals surface area contributed by atoms with Crippen molar-refractivity contribution in [3.8, 4) is 0 Å². The molecule has 1 amide bonds. The lowest BCUT2D eigenvalue weighted by molar-refractivity contribution is 0.0346. The van der Waals surface area contributed by atoms with Gasteiger partial charge >= 0.3 is 0 Å². The standard InChI is InChI=1S/C18H29N5O3/c1-2-26-12-8-6-11(7-9-12)21-18-20-10-13(16(19)25)17(23-18)22-14-4-3-5-15(14)24/h10-12,14-15,24H,2-9H2,1H3,(H2,19,25)(H2,20,21,22,23)/t11-,12-,14-,15?/m0/s1. The summed E-state index contributed by atoms with van der Waals surface area (Å²) in [7, 11) is 0. The molecule has 5 N–H and O–H groups in total. The second-order valence-corrected chi connectivity index (χ2v) is 7.14. The number of ether oxygens (including phenoxy) is 1. The van der Waals surface area contributed by atoms with Crippen LogP contribution in [0.25, 0.3) is 0 Å². The number of primary amides is 1. The molecule has 8 nitrogen and oxygen atoms in total. The number of carbonyl (C=O) groups is 1. The maximum atomic E-state index is 11.7. The summed E-state index contributed by atoms with van der Waals surface area (Å²) in [5.41, 5.74) is 5.69. The van der Waals surface area contributed by atoms with E-state index in [1.54, 1.807) is 0 Å². The number of aromatic nitrogens is 2. The molecule has 2 aliphatic carbocycles. The van der Waals surface area contributed by atoms with Crippen LogP contribution in [0.5, 0.6) is 0 Å². The van der Waals surface area contributed by atoms with Gasteiger partial charge in [-0.05, 0) is 51.9 Å². The molecular formula is C18H29N5O3. The topological polar surface area (TPSA) is 122 Å². The molecule has 2 fully saturated rings. The van der Waals surface area contributed by atoms with E-state index in [0.717, 1.165) is 51.6 Å². The lowest BCUT2D eigenvalue weighted by atomic mass is 9.93. The van der Waals surface area contributed by atoms with Crippen LogP contribution in [0.15, 0.2) is 6.20 Å². The van der Waals surface area contributed by atoms with E-state index in [1.165, 1.54) is 6.20 Å². The lowest BCUT2D eigenvalue weighted by Gasteiger charge is -2.29. The van der Waals surface area contributed by atoms with Crippen molar-refractivity contribution < 1.29 is 14.6 Å². The van der Waals surface area contributed by atoms with Crippen molar-refractivity contribution in [1.82, 2.24) is 9.97 Å². The van der Waals surface area contributed by atoms with Gasteiger partial charge in [-0.2, -0.15) is 4.98 Å². The quantitative estimate of drug-likeness (QED) is 0.581. The van der Waals surface area contributed by atoms with Gasteiger partial charge in [-0.15, -0.1) is 0 Å². The van der Waals surface area contributed by atoms with Crippen molar-refractivity contribution in [2.24, 2.45) is 5.73 Å². The van der Waals surface area contributed by atoms with Crippen LogP contribution in [0.1, 0.15) is 62.2 Å². The summed E-state index contributed by atoms with van der Waals surface area (Å²) in [5.74, 6) is 0.289. The van der Waals surface area contributed by atoms with Crippen molar-refractivity contribution in [3.63, 3.8) is 0 Å². The maximum absolute atomic E-state index is 11.7. The van der Waals surface area contributed by atoms with Crippen LogP contribution >= 0.6 is 0 Å². The highest BCUT2D eigenvalue weighted by molar-refractivity contribution is 5.97. The maximum Gasteiger partial charge on any atom is 0.254 e. The van der Waals surface area contributed by atoms with E-state index in [-0.39, 0.29) is 17.6 Å². The van der Waals surface area contributed by atoms with Gasteiger partial charge in [0.1, 0.15) is 5.82 Å². The zero-order chi connectivity index (χ0) is 18.5. The summed E-state index contributed by atoms with van der Waals surface area (Å²) in [6.45, 7) is 2.77. The number of amides is 1. The van der Waals surface area contributed by atoms with Crippen LogP contribution in [0.4, 0.5) is 11.8 Å². The third-order valence-corrected chi connectivity index (χ3v) is 5.27. The molecule has 2 aliphatic rings. The zero-order valence-electron chi connectivity index (χ0n) is 15.3. The van der Waals surface area contributed by atoms with Crippen LogP contribution < -0.4 is 16.4 Å². The number of nitrogens with one attached hydrogen (secondary N) is 2. The Labute approximate surface area is 153 Å². The van der Waals surface area contributed by atoms with Crippen molar-refractivity contribution in [1.29, 1.82) is 0 Å². The molecule has 0 aromatic carbocycles. The Bertz CT molecular complexity index is 619. The molecule has 0 bridgehead atoms. The molecule has 2 atom stereocenters. The summed E-state index contributed by atoms with van der Waals surface area (Å²) in [5, 5.41) is 16.6. The molecule has 0 aliphatic heterocycles. The van der Waals surface area contributed by atoms with Crippen molar-refractivity contribution in [2.75, 3.05) is 17.2 Å². The molecule has 0 spiro atoms. The summed E-state index contributed by atoms with van der Waals surface area (Å²) < 4.78 is 5.68. The normalized spacial score (nSPS) is 28.7. The molecular weight excluding hydrogens is 334 g/mol. The Morgan fingerprint density at radius 3 is 2.65 bits per heavy atom. The fourth-order valence-corrected chi connectivity index (χ4v) is 3.82. The molecule has 144 valence electrons. The minimum absolute atomic E-state index is 0.113. The second-order valence-electron chi connectivity index (χ2n) is 7.14. The first-order valence-corrected chi connectivity index (χ1v) is 9.56. The first-order chi connectivity index (χ1) is 12.6. The molecule has 0 saturated heterocycles. The van der Waals surface area contributed by atoms with Gasteiger partial charge in [0.25, 0.3) is 5.91 Å². The molecule has 1 heterocycles. The van der Waals surface area contributed by atoms with Gasteiger partial charge in [-0.25, -0.2) is 4.98 Å². The number of hydrogen-bond acceptors (Lipinski definition) is 7. The van der Waals surface area contributed by atoms with Gasteiger partial charge in [-0.1, -0.05) is 0 Å². The smallest absolute Gasteiger partial charge is 0.254 e. The Kier molecular flexibility index (Phi) is 6.26. The number of anilines is 2. The first-order valence-electron chi connectivity index (χ1n) is 9.56. The van der Waals surface area contributed by atoms with E-state index in [2.05, 4.69) is 20.6 Å². The monoisotopic (exact) mass is 363 g/mol. The van der Waals surface area contributed by atoms with Gasteiger partial charge in [0.05, 0.1) is 23.8 Å². The van der Waals surface area contributed by atoms with Crippen molar-refractivity contribution >= 4 is 17.7 Å². The number of hydrogen-bond donors (Lipinski definition) is 4. The Morgan fingerprint density at radius 2 is 2.04 bits per heavy atom. The number of aliphatic hydroxyl groups excluding tert-OH is 1. The Morgan fingerprint density at radius 1 is 1.27 bits per heavy atom. The van der Waals surface area contributed by atoms with E-state index in [1.807, 2.05) is 6.92 Å². The fraction of sp³-hybridized carbons (Fsp3) is 0.722. The van der Waals surface area contributed by atoms with E-state index in [9.17, 15) is 9.90 Å². The predicted octanol–water partition coefficient (Wildman–Crippen LogP) is 1.66. The highest BCUT2D eigenvalue weighted by atomic mass is 16.5. The van der Waals surface area contributed by atoms with E-state index >= 15 is 0 Å². The number of nitrogens with two attached hydrogens (primary N) is 1. The van der Waals surface area contributed by atoms with Gasteiger partial charge < -0.3 is 26.2 Å². The van der Waals surface area contributed by atoms with Gasteiger partial charge in [0, 0.05) is 18.8 Å². The van der Waals surface area contributed by atoms with Crippen LogP contribution in [0.2, 0.25) is 0 Å². The average molecular weight is 363 g/mol. The third kappa shape index (κ3) is 4.62. The van der Waals surface area contributed by atoms with Crippen LogP contribution in [-0.2, 0) is 4.74 Å². The van der Waals surface area contributed by atoms with Crippen LogP contribution in [0, 0.1) is 0 Å². The molecule has 3 rings (SSSR count). The summed E-state index contributed by atoms with van der Waals surface area (Å²) in [6, 6.07) is 0.175. The van der Waals surface area contributed by atoms with Gasteiger partial charge in [0.15, 0.2) is 0 Å². The number of rotatable bonds is 7. The van der Waals surface area contributed by atoms with Crippen LogP contribution in [-0.4, -0.2) is 51.9 Å². The van der Waals surface area contributed by atoms with Crippen molar-refractivity contribution in [3.05, 3.63) is 11.8 Å². The second kappa shape index (κ2) is 8.64. The van der Waals surface area contributed by atoms with Crippen LogP contribution in [0.3, 0.4) is 0 Å². The van der Waals surface area contributed by atoms with E-state index in [0.29, 0.717) is 17.9 Å². The number of carbonyl (C=O) groups excluding carboxylic acids is 1. The molecule has 1 aromatic heterocycles. The number of nitrogens with zero attached hydrogens (tertiary/aromatic N) is 2. The van der Waals surface area contributed by atoms with Crippen molar-refractivity contribution in [2.45, 2.75) is 76.2 Å². The average Bonchev–Trinajstić information content (AvgIpc) is 3.02. The highest BCUT2D eigenvalue weighted by Crippen LogP contribution is 2.26. The first kappa shape index (κ1) is 18.8. The van der Waals surface area contributed by atoms with Gasteiger partial charge in [0.2, 0.25) is 5.95 Å². The lowest BCUT2D eigenvalue weighted by Crippen LogP contribution is -2.32. The predicted molar refractivity (Wildman–Crippen MR) is 99.1 cm³/mol. The third-order valence-electron chi connectivity index (χ3n) is 5.27. The Hall–Kier alpha value is -1.93. The zero-order valence-corrected chi connectivity index (χ0v) is 15.3. The minimum atomic E-state index is -0.580. The molecule has 2 saturated carbocycles. The summed E-state index contributed by atoms with van der Waals surface area (Å²) in [4.78, 5) is 20.4. The highest BCUT2D eigenvalue weighted by Gasteiger charge is 2.27. The molecule has 8 heteroatoms. The Balaban J connectivity index is 1.66. The SMILES string of the molecule is CCO[C@H]1CC[C@H](Nc2ncc(C(N)=O)c(N[C@H]3CCCC3O)n2)CC1. The molecule has 26 heavy (non-hydrogen) atoms. The molecule has 0 radical (unpaired) electrons. The molecule has 1 unspecified atom stereocenters. The van der Waals surface area contributed by atoms with E-state index in [4.69, 9.17) is 10.5 Å². The summed E-state index contributed by atoms with van der Waals surface area (Å²) in [6.07, 6.45) is 7.93. The largest absolute Gasteiger partial charge is 0.391 e. The fourth-order valence-electron chi connectivity index (χ4n) is 3.82. The van der Waals surface area contributed by atoms with Gasteiger partial charge in [-0.3, -0.25) is 4.79 Å². The minimum Gasteiger partial charge on any atom is -0.391 e. The number of aliphatic hydroxyl groups is 1. The van der Waals surface area contributed by atoms with E-state index < -0.39 is 12.0 Å². The summed E-state index contributed by atoms with van der Waals surface area (Å²) >= 11 is 0. The molecule has 1 aromatic rings.